The highest BCUT2D eigenvalue weighted by molar-refractivity contribution is 4.51. The lowest BCUT2D eigenvalue weighted by Gasteiger charge is -2.39. The van der Waals surface area contributed by atoms with E-state index in [0.717, 1.165) is 0 Å². The molecular formula is C20H47N2+. The van der Waals surface area contributed by atoms with Gasteiger partial charge in [0.2, 0.25) is 0 Å². The molecule has 22 heavy (non-hydrogen) atoms. The molecule has 0 aliphatic carbocycles. The number of nitrogens with zero attached hydrogens (tertiary/aromatic N) is 1. The van der Waals surface area contributed by atoms with E-state index in [9.17, 15) is 0 Å². The molecule has 2 heteroatoms. The zero-order valence-electron chi connectivity index (χ0n) is 16.5. The minimum atomic E-state index is 0. The third-order valence-corrected chi connectivity index (χ3v) is 4.94. The molecule has 0 rings (SSSR count). The number of rotatable bonds is 16. The average Bonchev–Trinajstić information content (AvgIpc) is 2.51. The molecule has 3 N–H and O–H groups in total. The fourth-order valence-corrected chi connectivity index (χ4v) is 3.38. The summed E-state index contributed by atoms with van der Waals surface area (Å²) in [5.74, 6) is 0. The van der Waals surface area contributed by atoms with Gasteiger partial charge in [-0.05, 0) is 32.1 Å². The first kappa shape index (κ1) is 24.2. The van der Waals surface area contributed by atoms with Crippen LogP contribution >= 0.6 is 0 Å². The van der Waals surface area contributed by atoms with Gasteiger partial charge in [-0.1, -0.05) is 72.6 Å². The summed E-state index contributed by atoms with van der Waals surface area (Å²) >= 11 is 0. The topological polar surface area (TPSA) is 35.0 Å². The van der Waals surface area contributed by atoms with Crippen LogP contribution < -0.4 is 6.15 Å². The fraction of sp³-hybridized carbons (Fsp3) is 1.00. The van der Waals surface area contributed by atoms with Crippen LogP contribution in [0.1, 0.15) is 105 Å². The van der Waals surface area contributed by atoms with Crippen LogP contribution in [0.4, 0.5) is 0 Å². The van der Waals surface area contributed by atoms with Crippen molar-refractivity contribution in [1.82, 2.24) is 6.15 Å². The Morgan fingerprint density at radius 2 is 0.727 bits per heavy atom. The molecule has 2 nitrogen and oxygen atoms in total. The van der Waals surface area contributed by atoms with Crippen molar-refractivity contribution in [3.8, 4) is 0 Å². The zero-order valence-corrected chi connectivity index (χ0v) is 16.5. The zero-order chi connectivity index (χ0) is 15.8. The minimum Gasteiger partial charge on any atom is -0.344 e. The summed E-state index contributed by atoms with van der Waals surface area (Å²) in [5.41, 5.74) is 0. The summed E-state index contributed by atoms with van der Waals surface area (Å²) in [6.45, 7) is 15.1. The van der Waals surface area contributed by atoms with Crippen LogP contribution in [-0.2, 0) is 0 Å². The maximum atomic E-state index is 2.35. The first-order valence-electron chi connectivity index (χ1n) is 10.1. The van der Waals surface area contributed by atoms with Crippen LogP contribution in [0.5, 0.6) is 0 Å². The van der Waals surface area contributed by atoms with Crippen LogP contribution in [0.3, 0.4) is 0 Å². The van der Waals surface area contributed by atoms with Gasteiger partial charge in [0.25, 0.3) is 0 Å². The van der Waals surface area contributed by atoms with Gasteiger partial charge in [-0.2, -0.15) is 0 Å². The third kappa shape index (κ3) is 12.5. The number of unbranched alkanes of at least 4 members (excludes halogenated alkanes) is 8. The molecule has 0 amide bonds. The molecule has 0 heterocycles. The maximum Gasteiger partial charge on any atom is 0.0786 e. The van der Waals surface area contributed by atoms with E-state index in [2.05, 4.69) is 27.7 Å². The molecule has 0 aliphatic heterocycles. The Bertz CT molecular complexity index is 182. The lowest BCUT2D eigenvalue weighted by molar-refractivity contribution is -0.929. The van der Waals surface area contributed by atoms with Crippen molar-refractivity contribution in [2.75, 3.05) is 26.2 Å². The molecular weight excluding hydrogens is 268 g/mol. The van der Waals surface area contributed by atoms with E-state index in [1.54, 1.807) is 0 Å². The molecule has 0 bridgehead atoms. The molecule has 136 valence electrons. The van der Waals surface area contributed by atoms with E-state index in [-0.39, 0.29) is 6.15 Å². The van der Waals surface area contributed by atoms with Crippen molar-refractivity contribution < 1.29 is 4.48 Å². The minimum absolute atomic E-state index is 0. The standard InChI is InChI=1S/C20H44N.H3N/c1-5-9-13-14-15-16-20-21(17-10-6-2,18-11-7-3)19-12-8-4;/h5-20H2,1-4H3;1H3/q+1;. The van der Waals surface area contributed by atoms with Crippen molar-refractivity contribution >= 4 is 0 Å². The first-order valence-corrected chi connectivity index (χ1v) is 10.1. The van der Waals surface area contributed by atoms with Crippen molar-refractivity contribution in [1.29, 1.82) is 0 Å². The fourth-order valence-electron chi connectivity index (χ4n) is 3.38. The molecule has 0 aromatic heterocycles. The van der Waals surface area contributed by atoms with E-state index in [0.29, 0.717) is 0 Å². The summed E-state index contributed by atoms with van der Waals surface area (Å²) in [5, 5.41) is 0. The van der Waals surface area contributed by atoms with Crippen LogP contribution in [0, 0.1) is 0 Å². The molecule has 0 aromatic carbocycles. The van der Waals surface area contributed by atoms with Crippen molar-refractivity contribution in [3.63, 3.8) is 0 Å². The predicted molar refractivity (Wildman–Crippen MR) is 103 cm³/mol. The Morgan fingerprint density at radius 1 is 0.409 bits per heavy atom. The second-order valence-corrected chi connectivity index (χ2v) is 7.06. The second kappa shape index (κ2) is 17.3. The van der Waals surface area contributed by atoms with Crippen molar-refractivity contribution in [2.45, 2.75) is 105 Å². The predicted octanol–water partition coefficient (Wildman–Crippen LogP) is 6.73. The molecule has 0 spiro atoms. The Balaban J connectivity index is 0. The number of hydrogen-bond acceptors (Lipinski definition) is 1. The highest BCUT2D eigenvalue weighted by Gasteiger charge is 2.24. The van der Waals surface area contributed by atoms with E-state index in [1.165, 1.54) is 108 Å². The average molecular weight is 316 g/mol. The van der Waals surface area contributed by atoms with Crippen LogP contribution in [0.15, 0.2) is 0 Å². The smallest absolute Gasteiger partial charge is 0.0786 e. The molecule has 0 atom stereocenters. The second-order valence-electron chi connectivity index (χ2n) is 7.06. The van der Waals surface area contributed by atoms with Gasteiger partial charge < -0.3 is 10.6 Å². The van der Waals surface area contributed by atoms with E-state index in [1.807, 2.05) is 0 Å². The number of quaternary nitrogens is 1. The molecule has 0 aromatic rings. The summed E-state index contributed by atoms with van der Waals surface area (Å²) < 4.78 is 1.43. The lowest BCUT2D eigenvalue weighted by atomic mass is 10.1. The monoisotopic (exact) mass is 315 g/mol. The molecule has 0 aliphatic rings. The van der Waals surface area contributed by atoms with Gasteiger partial charge in [0.1, 0.15) is 0 Å². The first-order chi connectivity index (χ1) is 10.2. The van der Waals surface area contributed by atoms with Gasteiger partial charge in [0, 0.05) is 0 Å². The highest BCUT2D eigenvalue weighted by atomic mass is 15.3. The highest BCUT2D eigenvalue weighted by Crippen LogP contribution is 2.17. The van der Waals surface area contributed by atoms with Gasteiger partial charge in [-0.3, -0.25) is 0 Å². The van der Waals surface area contributed by atoms with Gasteiger partial charge in [0.05, 0.1) is 26.2 Å². The Morgan fingerprint density at radius 3 is 1.14 bits per heavy atom. The Kier molecular flexibility index (Phi) is 19.0. The lowest BCUT2D eigenvalue weighted by Crippen LogP contribution is -2.50. The molecule has 0 saturated heterocycles. The van der Waals surface area contributed by atoms with E-state index in [4.69, 9.17) is 0 Å². The normalized spacial score (nSPS) is 11.5. The van der Waals surface area contributed by atoms with Crippen LogP contribution in [0.25, 0.3) is 0 Å². The molecule has 0 unspecified atom stereocenters. The maximum absolute atomic E-state index is 2.35. The number of hydrogen-bond donors (Lipinski definition) is 1. The molecule has 0 saturated carbocycles. The largest absolute Gasteiger partial charge is 0.344 e. The summed E-state index contributed by atoms with van der Waals surface area (Å²) in [4.78, 5) is 0. The van der Waals surface area contributed by atoms with Gasteiger partial charge in [0.15, 0.2) is 0 Å². The van der Waals surface area contributed by atoms with Crippen molar-refractivity contribution in [3.05, 3.63) is 0 Å². The summed E-state index contributed by atoms with van der Waals surface area (Å²) in [6, 6.07) is 0. The molecule has 0 radical (unpaired) electrons. The Hall–Kier alpha value is -0.0800. The Labute approximate surface area is 142 Å². The summed E-state index contributed by atoms with van der Waals surface area (Å²) in [7, 11) is 0. The molecule has 0 fully saturated rings. The van der Waals surface area contributed by atoms with E-state index < -0.39 is 0 Å². The van der Waals surface area contributed by atoms with Crippen LogP contribution in [0.2, 0.25) is 0 Å². The van der Waals surface area contributed by atoms with Gasteiger partial charge >= 0.3 is 0 Å². The SMILES string of the molecule is CCCCCCCC[N+](CCCC)(CCCC)CCCC.N. The van der Waals surface area contributed by atoms with Crippen molar-refractivity contribution in [2.24, 2.45) is 0 Å². The van der Waals surface area contributed by atoms with Gasteiger partial charge in [-0.25, -0.2) is 0 Å². The summed E-state index contributed by atoms with van der Waals surface area (Å²) in [6.07, 6.45) is 17.0. The third-order valence-electron chi connectivity index (χ3n) is 4.94. The van der Waals surface area contributed by atoms with E-state index >= 15 is 0 Å². The van der Waals surface area contributed by atoms with Crippen LogP contribution in [-0.4, -0.2) is 30.7 Å². The van der Waals surface area contributed by atoms with Gasteiger partial charge in [-0.15, -0.1) is 0 Å². The quantitative estimate of drug-likeness (QED) is 0.249.